The number of ether oxygens (including phenoxy) is 2. The van der Waals surface area contributed by atoms with E-state index in [1.165, 1.54) is 22.4 Å². The van der Waals surface area contributed by atoms with E-state index < -0.39 is 0 Å². The molecule has 1 fully saturated rings. The first kappa shape index (κ1) is 18.3. The molecule has 0 spiro atoms. The molecule has 3 aromatic rings. The Bertz CT molecular complexity index is 1130. The fraction of sp³-hybridized carbons (Fsp3) is 0.375. The standard InChI is InChI=1S/C24H25NO4/c1-15-10-19-18(13-24(26)29-22(19)11-16(15)2)14-25-7-3-4-20(25)17-5-6-21-23(12-17)28-9-8-27-21/h5-6,10-13,20H,3-4,7-9,14H2,1-2H3/p+1/t20-/m1/s1. The first-order valence-electron chi connectivity index (χ1n) is 10.4. The van der Waals surface area contributed by atoms with Crippen LogP contribution in [0.25, 0.3) is 11.0 Å². The summed E-state index contributed by atoms with van der Waals surface area (Å²) in [5, 5.41) is 1.05. The predicted molar refractivity (Wildman–Crippen MR) is 111 cm³/mol. The van der Waals surface area contributed by atoms with Gasteiger partial charge in [-0.1, -0.05) is 0 Å². The van der Waals surface area contributed by atoms with Crippen molar-refractivity contribution < 1.29 is 18.8 Å². The number of hydrogen-bond acceptors (Lipinski definition) is 4. The lowest BCUT2D eigenvalue weighted by Crippen LogP contribution is -3.08. The normalized spacial score (nSPS) is 20.9. The zero-order valence-electron chi connectivity index (χ0n) is 16.9. The van der Waals surface area contributed by atoms with E-state index in [9.17, 15) is 4.79 Å². The molecule has 5 rings (SSSR count). The molecule has 1 N–H and O–H groups in total. The van der Waals surface area contributed by atoms with Crippen molar-refractivity contribution in [1.82, 2.24) is 0 Å². The van der Waals surface area contributed by atoms with Crippen molar-refractivity contribution in [2.45, 2.75) is 39.3 Å². The molecule has 2 aromatic carbocycles. The molecule has 1 aromatic heterocycles. The van der Waals surface area contributed by atoms with Crippen LogP contribution in [0.15, 0.2) is 45.6 Å². The highest BCUT2D eigenvalue weighted by molar-refractivity contribution is 5.81. The fourth-order valence-corrected chi connectivity index (χ4v) is 4.68. The van der Waals surface area contributed by atoms with E-state index in [-0.39, 0.29) is 5.63 Å². The molecule has 150 valence electrons. The molecule has 1 unspecified atom stereocenters. The van der Waals surface area contributed by atoms with Crippen LogP contribution in [0, 0.1) is 13.8 Å². The Morgan fingerprint density at radius 2 is 1.79 bits per heavy atom. The Morgan fingerprint density at radius 3 is 2.66 bits per heavy atom. The van der Waals surface area contributed by atoms with Crippen molar-refractivity contribution in [3.8, 4) is 11.5 Å². The molecule has 0 bridgehead atoms. The Hall–Kier alpha value is -2.79. The molecule has 2 atom stereocenters. The second kappa shape index (κ2) is 7.23. The summed E-state index contributed by atoms with van der Waals surface area (Å²) in [5.74, 6) is 1.67. The van der Waals surface area contributed by atoms with Crippen molar-refractivity contribution in [3.63, 3.8) is 0 Å². The zero-order valence-corrected chi connectivity index (χ0v) is 16.9. The quantitative estimate of drug-likeness (QED) is 0.696. The highest BCUT2D eigenvalue weighted by atomic mass is 16.6. The highest BCUT2D eigenvalue weighted by Crippen LogP contribution is 2.33. The van der Waals surface area contributed by atoms with Crippen LogP contribution in [0.5, 0.6) is 11.5 Å². The number of aryl methyl sites for hydroxylation is 2. The van der Waals surface area contributed by atoms with Gasteiger partial charge in [0.15, 0.2) is 11.5 Å². The third-order valence-corrected chi connectivity index (χ3v) is 6.31. The van der Waals surface area contributed by atoms with Gasteiger partial charge < -0.3 is 18.8 Å². The van der Waals surface area contributed by atoms with Gasteiger partial charge in [-0.15, -0.1) is 0 Å². The van der Waals surface area contributed by atoms with E-state index in [0.29, 0.717) is 24.8 Å². The van der Waals surface area contributed by atoms with Crippen LogP contribution in [0.2, 0.25) is 0 Å². The Morgan fingerprint density at radius 1 is 1.00 bits per heavy atom. The smallest absolute Gasteiger partial charge is 0.336 e. The number of quaternary nitrogens is 1. The predicted octanol–water partition coefficient (Wildman–Crippen LogP) is 3.10. The van der Waals surface area contributed by atoms with Crippen molar-refractivity contribution in [3.05, 3.63) is 69.1 Å². The Balaban J connectivity index is 1.49. The van der Waals surface area contributed by atoms with Crippen molar-refractivity contribution >= 4 is 11.0 Å². The topological polar surface area (TPSA) is 53.1 Å². The molecular weight excluding hydrogens is 366 g/mol. The molecule has 0 radical (unpaired) electrons. The van der Waals surface area contributed by atoms with Gasteiger partial charge in [-0.25, -0.2) is 4.79 Å². The minimum Gasteiger partial charge on any atom is -0.486 e. The summed E-state index contributed by atoms with van der Waals surface area (Å²) in [6.07, 6.45) is 2.30. The SMILES string of the molecule is Cc1cc2oc(=O)cc(C[NH+]3CCC[C@@H]3c3ccc4c(c3)OCCO4)c2cc1C. The van der Waals surface area contributed by atoms with Crippen LogP contribution in [0.3, 0.4) is 0 Å². The van der Waals surface area contributed by atoms with E-state index >= 15 is 0 Å². The van der Waals surface area contributed by atoms with Gasteiger partial charge in [0.1, 0.15) is 31.4 Å². The molecule has 5 heteroatoms. The zero-order chi connectivity index (χ0) is 20.0. The molecule has 0 aliphatic carbocycles. The number of fused-ring (bicyclic) bond motifs is 2. The van der Waals surface area contributed by atoms with Crippen LogP contribution in [-0.2, 0) is 6.54 Å². The Labute approximate surface area is 169 Å². The minimum atomic E-state index is -0.273. The van der Waals surface area contributed by atoms with Crippen LogP contribution in [0.4, 0.5) is 0 Å². The second-order valence-corrected chi connectivity index (χ2v) is 8.21. The second-order valence-electron chi connectivity index (χ2n) is 8.21. The van der Waals surface area contributed by atoms with Crippen LogP contribution in [0.1, 0.15) is 41.1 Å². The van der Waals surface area contributed by atoms with Crippen molar-refractivity contribution in [1.29, 1.82) is 0 Å². The molecule has 0 amide bonds. The van der Waals surface area contributed by atoms with Gasteiger partial charge in [-0.05, 0) is 55.3 Å². The van der Waals surface area contributed by atoms with Gasteiger partial charge in [0.2, 0.25) is 0 Å². The van der Waals surface area contributed by atoms with Crippen LogP contribution >= 0.6 is 0 Å². The molecule has 5 nitrogen and oxygen atoms in total. The van der Waals surface area contributed by atoms with Gasteiger partial charge in [-0.3, -0.25) is 0 Å². The monoisotopic (exact) mass is 392 g/mol. The maximum absolute atomic E-state index is 12.2. The molecule has 1 saturated heterocycles. The molecule has 2 aliphatic rings. The largest absolute Gasteiger partial charge is 0.486 e. The van der Waals surface area contributed by atoms with Gasteiger partial charge in [-0.2, -0.15) is 0 Å². The number of rotatable bonds is 3. The van der Waals surface area contributed by atoms with Gasteiger partial charge in [0.25, 0.3) is 0 Å². The van der Waals surface area contributed by atoms with Crippen LogP contribution < -0.4 is 20.0 Å². The first-order valence-corrected chi connectivity index (χ1v) is 10.4. The summed E-state index contributed by atoms with van der Waals surface area (Å²) < 4.78 is 16.9. The number of likely N-dealkylation sites (tertiary alicyclic amines) is 1. The number of benzene rings is 2. The van der Waals surface area contributed by atoms with Gasteiger partial charge in [0.05, 0.1) is 6.54 Å². The van der Waals surface area contributed by atoms with E-state index in [0.717, 1.165) is 47.5 Å². The average Bonchev–Trinajstić information content (AvgIpc) is 3.17. The molecule has 2 aliphatic heterocycles. The van der Waals surface area contributed by atoms with E-state index in [1.54, 1.807) is 6.07 Å². The lowest BCUT2D eigenvalue weighted by atomic mass is 10.0. The lowest BCUT2D eigenvalue weighted by Gasteiger charge is -2.24. The van der Waals surface area contributed by atoms with Crippen LogP contribution in [-0.4, -0.2) is 19.8 Å². The third kappa shape index (κ3) is 3.40. The lowest BCUT2D eigenvalue weighted by molar-refractivity contribution is -0.931. The van der Waals surface area contributed by atoms with Crippen molar-refractivity contribution in [2.24, 2.45) is 0 Å². The maximum atomic E-state index is 12.2. The first-order chi connectivity index (χ1) is 14.1. The van der Waals surface area contributed by atoms with E-state index in [1.807, 2.05) is 19.1 Å². The molecule has 0 saturated carbocycles. The number of nitrogens with one attached hydrogen (secondary N) is 1. The van der Waals surface area contributed by atoms with Gasteiger partial charge >= 0.3 is 5.63 Å². The van der Waals surface area contributed by atoms with Gasteiger partial charge in [0, 0.05) is 35.4 Å². The fourth-order valence-electron chi connectivity index (χ4n) is 4.68. The van der Waals surface area contributed by atoms with E-state index in [2.05, 4.69) is 25.1 Å². The molecular formula is C24H26NO4+. The molecule has 29 heavy (non-hydrogen) atoms. The van der Waals surface area contributed by atoms with E-state index in [4.69, 9.17) is 13.9 Å². The summed E-state index contributed by atoms with van der Waals surface area (Å²) in [4.78, 5) is 13.7. The summed E-state index contributed by atoms with van der Waals surface area (Å²) in [5.41, 5.74) is 5.11. The summed E-state index contributed by atoms with van der Waals surface area (Å²) in [6.45, 7) is 7.25. The average molecular weight is 392 g/mol. The third-order valence-electron chi connectivity index (χ3n) is 6.31. The minimum absolute atomic E-state index is 0.273. The highest BCUT2D eigenvalue weighted by Gasteiger charge is 2.31. The summed E-state index contributed by atoms with van der Waals surface area (Å²) >= 11 is 0. The molecule has 3 heterocycles. The van der Waals surface area contributed by atoms with Crippen molar-refractivity contribution in [2.75, 3.05) is 19.8 Å². The maximum Gasteiger partial charge on any atom is 0.336 e. The summed E-state index contributed by atoms with van der Waals surface area (Å²) in [6, 6.07) is 12.5. The number of hydrogen-bond donors (Lipinski definition) is 1. The summed E-state index contributed by atoms with van der Waals surface area (Å²) in [7, 11) is 0. The Kier molecular flexibility index (Phi) is 4.55.